The summed E-state index contributed by atoms with van der Waals surface area (Å²) in [6.45, 7) is 4.55. The molecule has 5 heteroatoms. The van der Waals surface area contributed by atoms with E-state index in [4.69, 9.17) is 0 Å². The Morgan fingerprint density at radius 2 is 2.04 bits per heavy atom. The average molecular weight is 429 g/mol. The Bertz CT molecular complexity index is 726. The maximum atomic E-state index is 12.3. The van der Waals surface area contributed by atoms with Gasteiger partial charge in [-0.25, -0.2) is 0 Å². The van der Waals surface area contributed by atoms with Crippen LogP contribution in [0.25, 0.3) is 6.08 Å². The van der Waals surface area contributed by atoms with Crippen molar-refractivity contribution in [2.45, 2.75) is 42.0 Å². The molecule has 118 valence electrons. The summed E-state index contributed by atoms with van der Waals surface area (Å²) in [5.74, 6) is 0.688. The number of carbonyl (C=O) groups excluding carboxylic acids is 2. The number of imide groups is 1. The Morgan fingerprint density at radius 3 is 2.65 bits per heavy atom. The molecule has 0 spiro atoms. The van der Waals surface area contributed by atoms with Crippen LogP contribution in [-0.4, -0.2) is 37.8 Å². The molecule has 0 saturated carbocycles. The summed E-state index contributed by atoms with van der Waals surface area (Å²) in [7, 11) is 0. The molecule has 0 radical (unpaired) electrons. The molecule has 1 aromatic carbocycles. The molecule has 3 nitrogen and oxygen atoms in total. The standard InChI is InChI=1S/C18H20NO2S.In/c1-3-13(4-2)8-7-11-14-9-5-6-10-15(14)12-16-17(20)19-18(21)22-16;/h5-6,10-13,16H,3-4,8H2,1-2H3,(H,19,20,21);. The predicted octanol–water partition coefficient (Wildman–Crippen LogP) is 3.14. The topological polar surface area (TPSA) is 46.2 Å². The SMILES string of the molecule is CCC(CC)C[C]1=Cc2c3ccc[c]2[In]1[CH]3C1SC(=O)NC1=O. The van der Waals surface area contributed by atoms with E-state index in [0.29, 0.717) is 3.67 Å². The van der Waals surface area contributed by atoms with Crippen molar-refractivity contribution in [3.8, 4) is 0 Å². The third kappa shape index (κ3) is 2.42. The van der Waals surface area contributed by atoms with Gasteiger partial charge in [0.25, 0.3) is 0 Å². The van der Waals surface area contributed by atoms with Crippen molar-refractivity contribution in [2.24, 2.45) is 5.92 Å². The normalized spacial score (nSPS) is 24.7. The Kier molecular flexibility index (Phi) is 4.12. The number of thioether (sulfide) groups is 1. The molecule has 4 rings (SSSR count). The van der Waals surface area contributed by atoms with Gasteiger partial charge in [-0.2, -0.15) is 0 Å². The van der Waals surface area contributed by atoms with Crippen molar-refractivity contribution in [1.29, 1.82) is 0 Å². The predicted molar refractivity (Wildman–Crippen MR) is 96.2 cm³/mol. The number of hydrogen-bond donors (Lipinski definition) is 1. The van der Waals surface area contributed by atoms with E-state index in [-0.39, 0.29) is 16.4 Å². The summed E-state index contributed by atoms with van der Waals surface area (Å²) in [6.07, 6.45) is 6.08. The van der Waals surface area contributed by atoms with E-state index in [1.165, 1.54) is 42.2 Å². The van der Waals surface area contributed by atoms with Gasteiger partial charge in [-0.3, -0.25) is 0 Å². The fourth-order valence-corrected chi connectivity index (χ4v) is 19.2. The van der Waals surface area contributed by atoms with Gasteiger partial charge in [0, 0.05) is 0 Å². The average Bonchev–Trinajstić information content (AvgIpc) is 3.11. The number of benzene rings is 1. The Hall–Kier alpha value is -0.680. The summed E-state index contributed by atoms with van der Waals surface area (Å²) < 4.78 is 3.58. The van der Waals surface area contributed by atoms with E-state index in [9.17, 15) is 9.59 Å². The maximum absolute atomic E-state index is 12.3. The number of carbonyl (C=O) groups is 2. The quantitative estimate of drug-likeness (QED) is 0.783. The van der Waals surface area contributed by atoms with Crippen molar-refractivity contribution in [1.82, 2.24) is 5.32 Å². The molecule has 2 unspecified atom stereocenters. The van der Waals surface area contributed by atoms with Crippen LogP contribution in [0.1, 0.15) is 47.9 Å². The zero-order chi connectivity index (χ0) is 16.1. The summed E-state index contributed by atoms with van der Waals surface area (Å²) in [6, 6.07) is 6.61. The van der Waals surface area contributed by atoms with Crippen LogP contribution in [-0.2, 0) is 4.79 Å². The molecule has 4 bridgehead atoms. The van der Waals surface area contributed by atoms with Gasteiger partial charge in [0.15, 0.2) is 0 Å². The second-order valence-electron chi connectivity index (χ2n) is 6.77. The van der Waals surface area contributed by atoms with E-state index in [0.717, 1.165) is 5.92 Å². The molecule has 1 N–H and O–H groups in total. The Morgan fingerprint density at radius 1 is 1.26 bits per heavy atom. The summed E-state index contributed by atoms with van der Waals surface area (Å²) in [5, 5.41) is 2.14. The van der Waals surface area contributed by atoms with Crippen LogP contribution in [0.3, 0.4) is 0 Å². The van der Waals surface area contributed by atoms with Gasteiger partial charge in [0.1, 0.15) is 0 Å². The van der Waals surface area contributed by atoms with Gasteiger partial charge in [0.05, 0.1) is 0 Å². The van der Waals surface area contributed by atoms with Gasteiger partial charge in [-0.15, -0.1) is 0 Å². The second kappa shape index (κ2) is 5.99. The molecule has 1 saturated heterocycles. The number of rotatable bonds is 5. The van der Waals surface area contributed by atoms with Crippen LogP contribution in [0.15, 0.2) is 21.5 Å². The van der Waals surface area contributed by atoms with E-state index < -0.39 is 21.4 Å². The van der Waals surface area contributed by atoms with Crippen molar-refractivity contribution in [2.75, 3.05) is 0 Å². The number of nitrogens with one attached hydrogen (secondary N) is 1. The first-order valence-electron chi connectivity index (χ1n) is 8.48. The number of hydrogen-bond acceptors (Lipinski definition) is 3. The minimum absolute atomic E-state index is 0.0658. The number of allylic oxidation sites excluding steroid dienone is 1. The fourth-order valence-electron chi connectivity index (χ4n) is 4.45. The first-order chi connectivity index (χ1) is 11.1. The molecule has 0 aromatic heterocycles. The summed E-state index contributed by atoms with van der Waals surface area (Å²) in [5.41, 5.74) is 2.76. The summed E-state index contributed by atoms with van der Waals surface area (Å²) in [4.78, 5) is 23.9. The Balaban J connectivity index is 1.69. The minimum atomic E-state index is -2.23. The molecule has 3 aliphatic heterocycles. The molecule has 3 aliphatic rings. The van der Waals surface area contributed by atoms with Crippen molar-refractivity contribution in [3.63, 3.8) is 0 Å². The van der Waals surface area contributed by atoms with Crippen LogP contribution in [0.5, 0.6) is 0 Å². The molecular weight excluding hydrogens is 409 g/mol. The second-order valence-corrected chi connectivity index (χ2v) is 16.6. The van der Waals surface area contributed by atoms with Crippen LogP contribution in [0.2, 0.25) is 0 Å². The van der Waals surface area contributed by atoms with Crippen LogP contribution < -0.4 is 8.64 Å². The molecule has 1 aromatic rings. The first-order valence-corrected chi connectivity index (χ1v) is 14.6. The van der Waals surface area contributed by atoms with Crippen molar-refractivity contribution >= 4 is 53.7 Å². The van der Waals surface area contributed by atoms with E-state index in [2.05, 4.69) is 43.4 Å². The molecule has 3 heterocycles. The third-order valence-corrected chi connectivity index (χ3v) is 18.5. The summed E-state index contributed by atoms with van der Waals surface area (Å²) >= 11 is -1.01. The molecular formula is C18H20InNO2S. The van der Waals surface area contributed by atoms with Crippen molar-refractivity contribution < 1.29 is 9.59 Å². The Labute approximate surface area is 148 Å². The van der Waals surface area contributed by atoms with E-state index in [1.54, 1.807) is 6.65 Å². The van der Waals surface area contributed by atoms with E-state index in [1.807, 2.05) is 0 Å². The first kappa shape index (κ1) is 15.8. The zero-order valence-corrected chi connectivity index (χ0v) is 17.6. The van der Waals surface area contributed by atoms with Gasteiger partial charge >= 0.3 is 149 Å². The molecule has 0 aliphatic carbocycles. The molecule has 1 fully saturated rings. The zero-order valence-electron chi connectivity index (χ0n) is 13.5. The van der Waals surface area contributed by atoms with Crippen LogP contribution in [0.4, 0.5) is 4.79 Å². The van der Waals surface area contributed by atoms with Gasteiger partial charge in [-0.05, 0) is 0 Å². The fraction of sp³-hybridized carbons (Fsp3) is 0.444. The van der Waals surface area contributed by atoms with Crippen LogP contribution in [0, 0.1) is 5.92 Å². The van der Waals surface area contributed by atoms with Crippen LogP contribution >= 0.6 is 11.8 Å². The van der Waals surface area contributed by atoms with Gasteiger partial charge in [0.2, 0.25) is 0 Å². The van der Waals surface area contributed by atoms with Gasteiger partial charge in [-0.1, -0.05) is 0 Å². The molecule has 2 atom stereocenters. The van der Waals surface area contributed by atoms with Gasteiger partial charge < -0.3 is 0 Å². The monoisotopic (exact) mass is 429 g/mol. The molecule has 23 heavy (non-hydrogen) atoms. The third-order valence-electron chi connectivity index (χ3n) is 5.68. The van der Waals surface area contributed by atoms with Crippen molar-refractivity contribution in [3.05, 3.63) is 32.7 Å². The number of amides is 2. The molecule has 2 amide bonds. The van der Waals surface area contributed by atoms with E-state index >= 15 is 0 Å².